The maximum atomic E-state index is 5.56. The van der Waals surface area contributed by atoms with Gasteiger partial charge in [-0.05, 0) is 25.5 Å². The predicted octanol–water partition coefficient (Wildman–Crippen LogP) is 1.74. The molecule has 0 fully saturated rings. The van der Waals surface area contributed by atoms with Gasteiger partial charge in [0.1, 0.15) is 0 Å². The van der Waals surface area contributed by atoms with E-state index in [1.807, 2.05) is 18.2 Å². The van der Waals surface area contributed by atoms with Crippen LogP contribution < -0.4 is 5.73 Å². The largest absolute Gasteiger partial charge is 0.399 e. The van der Waals surface area contributed by atoms with E-state index < -0.39 is 0 Å². The molecular formula is C8H11N. The van der Waals surface area contributed by atoms with E-state index in [1.165, 1.54) is 5.57 Å². The van der Waals surface area contributed by atoms with Gasteiger partial charge in [-0.2, -0.15) is 0 Å². The lowest BCUT2D eigenvalue weighted by Gasteiger charge is -1.91. The fourth-order valence-electron chi connectivity index (χ4n) is 0.825. The molecule has 9 heavy (non-hydrogen) atoms. The molecular weight excluding hydrogens is 110 g/mol. The average Bonchev–Trinajstić information content (AvgIpc) is 1.93. The first-order valence-corrected chi connectivity index (χ1v) is 3.08. The lowest BCUT2D eigenvalue weighted by Crippen LogP contribution is -1.91. The summed E-state index contributed by atoms with van der Waals surface area (Å²) in [5, 5.41) is 0. The Kier molecular flexibility index (Phi) is 1.73. The van der Waals surface area contributed by atoms with Gasteiger partial charge in [0.15, 0.2) is 0 Å². The van der Waals surface area contributed by atoms with Crippen molar-refractivity contribution in [3.63, 3.8) is 0 Å². The number of rotatable bonds is 0. The van der Waals surface area contributed by atoms with Crippen molar-refractivity contribution in [2.75, 3.05) is 0 Å². The van der Waals surface area contributed by atoms with Crippen molar-refractivity contribution in [1.29, 1.82) is 0 Å². The standard InChI is InChI=1S/C8H11N/c1-7-4-2-3-5-8(9)6-7/h2-3,5-6H,4,9H2,1H3. The summed E-state index contributed by atoms with van der Waals surface area (Å²) in [6.45, 7) is 2.08. The van der Waals surface area contributed by atoms with Crippen LogP contribution in [0.5, 0.6) is 0 Å². The van der Waals surface area contributed by atoms with Crippen LogP contribution in [0.3, 0.4) is 0 Å². The van der Waals surface area contributed by atoms with Gasteiger partial charge in [0.05, 0.1) is 0 Å². The topological polar surface area (TPSA) is 26.0 Å². The van der Waals surface area contributed by atoms with Crippen molar-refractivity contribution in [3.8, 4) is 0 Å². The summed E-state index contributed by atoms with van der Waals surface area (Å²) in [6, 6.07) is 0. The Balaban J connectivity index is 2.82. The van der Waals surface area contributed by atoms with Crippen LogP contribution in [0, 0.1) is 0 Å². The summed E-state index contributed by atoms with van der Waals surface area (Å²) in [5.74, 6) is 0. The second-order valence-electron chi connectivity index (χ2n) is 2.29. The summed E-state index contributed by atoms with van der Waals surface area (Å²) >= 11 is 0. The highest BCUT2D eigenvalue weighted by Crippen LogP contribution is 2.07. The van der Waals surface area contributed by atoms with Crippen LogP contribution in [0.1, 0.15) is 13.3 Å². The molecule has 0 atom stereocenters. The first-order valence-electron chi connectivity index (χ1n) is 3.08. The van der Waals surface area contributed by atoms with Crippen molar-refractivity contribution in [2.24, 2.45) is 5.73 Å². The molecule has 1 rings (SSSR count). The third-order valence-electron chi connectivity index (χ3n) is 1.28. The molecule has 0 radical (unpaired) electrons. The molecule has 1 aliphatic carbocycles. The number of nitrogens with two attached hydrogens (primary N) is 1. The molecule has 0 unspecified atom stereocenters. The Morgan fingerprint density at radius 3 is 3.11 bits per heavy atom. The highest BCUT2D eigenvalue weighted by molar-refractivity contribution is 5.28. The molecule has 1 aliphatic rings. The van der Waals surface area contributed by atoms with E-state index in [9.17, 15) is 0 Å². The molecule has 0 aliphatic heterocycles. The molecule has 0 aromatic heterocycles. The number of hydrogen-bond donors (Lipinski definition) is 1. The molecule has 0 aromatic carbocycles. The first kappa shape index (κ1) is 6.14. The van der Waals surface area contributed by atoms with Gasteiger partial charge in [-0.1, -0.05) is 17.7 Å². The summed E-state index contributed by atoms with van der Waals surface area (Å²) in [4.78, 5) is 0. The molecule has 2 N–H and O–H groups in total. The Bertz CT molecular complexity index is 185. The molecule has 0 saturated heterocycles. The third-order valence-corrected chi connectivity index (χ3v) is 1.28. The third kappa shape index (κ3) is 1.76. The second-order valence-corrected chi connectivity index (χ2v) is 2.29. The second kappa shape index (κ2) is 2.53. The zero-order chi connectivity index (χ0) is 6.69. The van der Waals surface area contributed by atoms with Gasteiger partial charge in [-0.3, -0.25) is 0 Å². The van der Waals surface area contributed by atoms with Gasteiger partial charge >= 0.3 is 0 Å². The zero-order valence-corrected chi connectivity index (χ0v) is 5.59. The number of allylic oxidation sites excluding steroid dienone is 5. The van der Waals surface area contributed by atoms with E-state index in [0.717, 1.165) is 12.1 Å². The minimum absolute atomic E-state index is 0.848. The van der Waals surface area contributed by atoms with E-state index in [1.54, 1.807) is 0 Å². The van der Waals surface area contributed by atoms with E-state index >= 15 is 0 Å². The van der Waals surface area contributed by atoms with Crippen molar-refractivity contribution in [1.82, 2.24) is 0 Å². The molecule has 0 saturated carbocycles. The maximum absolute atomic E-state index is 5.56. The molecule has 0 bridgehead atoms. The minimum Gasteiger partial charge on any atom is -0.399 e. The summed E-state index contributed by atoms with van der Waals surface area (Å²) in [7, 11) is 0. The Morgan fingerprint density at radius 2 is 2.33 bits per heavy atom. The first-order chi connectivity index (χ1) is 4.29. The van der Waals surface area contributed by atoms with Gasteiger partial charge in [0.25, 0.3) is 0 Å². The van der Waals surface area contributed by atoms with E-state index in [4.69, 9.17) is 5.73 Å². The van der Waals surface area contributed by atoms with Crippen LogP contribution in [0.2, 0.25) is 0 Å². The Hall–Kier alpha value is -0.980. The van der Waals surface area contributed by atoms with Gasteiger partial charge in [-0.15, -0.1) is 0 Å². The van der Waals surface area contributed by atoms with Gasteiger partial charge in [0, 0.05) is 5.70 Å². The minimum atomic E-state index is 0.848. The van der Waals surface area contributed by atoms with Crippen LogP contribution >= 0.6 is 0 Å². The van der Waals surface area contributed by atoms with Crippen LogP contribution in [0.25, 0.3) is 0 Å². The lowest BCUT2D eigenvalue weighted by molar-refractivity contribution is 1.21. The molecule has 0 amide bonds. The SMILES string of the molecule is CC1=CC(N)=CC=CC1. The summed E-state index contributed by atoms with van der Waals surface area (Å²) in [6.07, 6.45) is 9.03. The number of hydrogen-bond acceptors (Lipinski definition) is 1. The van der Waals surface area contributed by atoms with Crippen molar-refractivity contribution in [3.05, 3.63) is 35.6 Å². The van der Waals surface area contributed by atoms with Gasteiger partial charge in [0.2, 0.25) is 0 Å². The van der Waals surface area contributed by atoms with E-state index in [2.05, 4.69) is 13.0 Å². The predicted molar refractivity (Wildman–Crippen MR) is 39.8 cm³/mol. The molecule has 1 heteroatoms. The molecule has 0 heterocycles. The quantitative estimate of drug-likeness (QED) is 0.519. The Labute approximate surface area is 55.6 Å². The fourth-order valence-corrected chi connectivity index (χ4v) is 0.825. The smallest absolute Gasteiger partial charge is 0.0313 e. The normalized spacial score (nSPS) is 18.3. The lowest BCUT2D eigenvalue weighted by atomic mass is 10.2. The van der Waals surface area contributed by atoms with Gasteiger partial charge in [-0.25, -0.2) is 0 Å². The van der Waals surface area contributed by atoms with Crippen LogP contribution in [0.4, 0.5) is 0 Å². The fraction of sp³-hybridized carbons (Fsp3) is 0.250. The van der Waals surface area contributed by atoms with Crippen LogP contribution in [0.15, 0.2) is 35.6 Å². The highest BCUT2D eigenvalue weighted by atomic mass is 14.6. The van der Waals surface area contributed by atoms with E-state index in [0.29, 0.717) is 0 Å². The van der Waals surface area contributed by atoms with Crippen molar-refractivity contribution >= 4 is 0 Å². The highest BCUT2D eigenvalue weighted by Gasteiger charge is 1.89. The molecule has 0 spiro atoms. The van der Waals surface area contributed by atoms with Crippen molar-refractivity contribution < 1.29 is 0 Å². The maximum Gasteiger partial charge on any atom is 0.0313 e. The average molecular weight is 121 g/mol. The summed E-state index contributed by atoms with van der Waals surface area (Å²) < 4.78 is 0. The zero-order valence-electron chi connectivity index (χ0n) is 5.59. The Morgan fingerprint density at radius 1 is 1.56 bits per heavy atom. The monoisotopic (exact) mass is 121 g/mol. The summed E-state index contributed by atoms with van der Waals surface area (Å²) in [5.41, 5.74) is 7.72. The molecule has 1 nitrogen and oxygen atoms in total. The van der Waals surface area contributed by atoms with Crippen LogP contribution in [-0.2, 0) is 0 Å². The van der Waals surface area contributed by atoms with Crippen molar-refractivity contribution in [2.45, 2.75) is 13.3 Å². The van der Waals surface area contributed by atoms with Gasteiger partial charge < -0.3 is 5.73 Å². The van der Waals surface area contributed by atoms with Crippen LogP contribution in [-0.4, -0.2) is 0 Å². The van der Waals surface area contributed by atoms with E-state index in [-0.39, 0.29) is 0 Å². The molecule has 48 valence electrons. The molecule has 0 aromatic rings.